The number of aliphatic imine (C=N–C) groups is 1. The molecule has 2 saturated carbocycles. The molecule has 1 heterocycles. The van der Waals surface area contributed by atoms with Crippen LogP contribution in [0.2, 0.25) is 0 Å². The highest BCUT2D eigenvalue weighted by Gasteiger charge is 2.51. The molecule has 3 heteroatoms. The Morgan fingerprint density at radius 3 is 2.79 bits per heavy atom. The highest BCUT2D eigenvalue weighted by atomic mass is 15.4. The van der Waals surface area contributed by atoms with Gasteiger partial charge in [0.1, 0.15) is 0 Å². The quantitative estimate of drug-likeness (QED) is 0.682. The Kier molecular flexibility index (Phi) is 1.62. The van der Waals surface area contributed by atoms with Crippen molar-refractivity contribution in [2.75, 3.05) is 6.54 Å². The van der Waals surface area contributed by atoms with E-state index < -0.39 is 0 Å². The zero-order valence-corrected chi connectivity index (χ0v) is 8.87. The van der Waals surface area contributed by atoms with E-state index in [0.29, 0.717) is 5.54 Å². The fourth-order valence-electron chi connectivity index (χ4n) is 3.26. The van der Waals surface area contributed by atoms with Gasteiger partial charge in [0.05, 0.1) is 12.1 Å². The van der Waals surface area contributed by atoms with E-state index in [4.69, 9.17) is 5.73 Å². The summed E-state index contributed by atoms with van der Waals surface area (Å²) in [6.07, 6.45) is 6.60. The molecule has 78 valence electrons. The summed E-state index contributed by atoms with van der Waals surface area (Å²) in [4.78, 5) is 6.92. The van der Waals surface area contributed by atoms with Gasteiger partial charge in [-0.2, -0.15) is 0 Å². The third-order valence-corrected chi connectivity index (χ3v) is 4.04. The lowest BCUT2D eigenvalue weighted by atomic mass is 9.95. The molecule has 1 aliphatic heterocycles. The summed E-state index contributed by atoms with van der Waals surface area (Å²) in [5.41, 5.74) is 6.33. The van der Waals surface area contributed by atoms with Crippen molar-refractivity contribution < 1.29 is 0 Å². The maximum absolute atomic E-state index is 6.00. The van der Waals surface area contributed by atoms with Crippen molar-refractivity contribution in [1.82, 2.24) is 4.90 Å². The Bertz CT molecular complexity index is 282. The second kappa shape index (κ2) is 2.65. The van der Waals surface area contributed by atoms with Gasteiger partial charge >= 0.3 is 0 Å². The number of nitrogens with zero attached hydrogens (tertiary/aromatic N) is 2. The molecule has 0 radical (unpaired) electrons. The SMILES string of the molecule is CC1CCC2(CN=C(N)N2C2CC2)C1. The molecule has 2 fully saturated rings. The van der Waals surface area contributed by atoms with Crippen LogP contribution in [0, 0.1) is 5.92 Å². The lowest BCUT2D eigenvalue weighted by Crippen LogP contribution is -2.51. The van der Waals surface area contributed by atoms with Gasteiger partial charge in [-0.25, -0.2) is 0 Å². The van der Waals surface area contributed by atoms with E-state index in [-0.39, 0.29) is 0 Å². The number of rotatable bonds is 1. The molecule has 0 bridgehead atoms. The predicted molar refractivity (Wildman–Crippen MR) is 57.1 cm³/mol. The van der Waals surface area contributed by atoms with Gasteiger partial charge in [-0.1, -0.05) is 6.92 Å². The van der Waals surface area contributed by atoms with Gasteiger partial charge in [-0.15, -0.1) is 0 Å². The Labute approximate surface area is 85.4 Å². The van der Waals surface area contributed by atoms with E-state index in [2.05, 4.69) is 16.8 Å². The number of hydrogen-bond donors (Lipinski definition) is 1. The molecular formula is C11H19N3. The zero-order chi connectivity index (χ0) is 9.76. The zero-order valence-electron chi connectivity index (χ0n) is 8.87. The van der Waals surface area contributed by atoms with E-state index in [0.717, 1.165) is 24.5 Å². The number of guanidine groups is 1. The minimum Gasteiger partial charge on any atom is -0.370 e. The molecule has 2 N–H and O–H groups in total. The fourth-order valence-corrected chi connectivity index (χ4v) is 3.26. The van der Waals surface area contributed by atoms with Gasteiger partial charge < -0.3 is 10.6 Å². The van der Waals surface area contributed by atoms with Crippen LogP contribution in [-0.2, 0) is 0 Å². The van der Waals surface area contributed by atoms with Gasteiger partial charge in [-0.05, 0) is 38.0 Å². The molecule has 0 amide bonds. The van der Waals surface area contributed by atoms with Gasteiger partial charge in [0.25, 0.3) is 0 Å². The molecule has 0 saturated heterocycles. The van der Waals surface area contributed by atoms with Crippen molar-refractivity contribution in [1.29, 1.82) is 0 Å². The molecule has 1 spiro atoms. The monoisotopic (exact) mass is 193 g/mol. The summed E-state index contributed by atoms with van der Waals surface area (Å²) >= 11 is 0. The maximum Gasteiger partial charge on any atom is 0.192 e. The van der Waals surface area contributed by atoms with Crippen LogP contribution < -0.4 is 5.73 Å². The summed E-state index contributed by atoms with van der Waals surface area (Å²) in [7, 11) is 0. The number of nitrogens with two attached hydrogens (primary N) is 1. The third kappa shape index (κ3) is 1.07. The molecule has 3 rings (SSSR count). The van der Waals surface area contributed by atoms with Crippen molar-refractivity contribution in [2.24, 2.45) is 16.6 Å². The third-order valence-electron chi connectivity index (χ3n) is 4.04. The summed E-state index contributed by atoms with van der Waals surface area (Å²) in [6, 6.07) is 0.728. The summed E-state index contributed by atoms with van der Waals surface area (Å²) in [5.74, 6) is 1.68. The van der Waals surface area contributed by atoms with Gasteiger partial charge in [-0.3, -0.25) is 4.99 Å². The van der Waals surface area contributed by atoms with Crippen molar-refractivity contribution in [3.63, 3.8) is 0 Å². The molecule has 3 aliphatic rings. The molecule has 0 aromatic heterocycles. The normalized spacial score (nSPS) is 42.2. The van der Waals surface area contributed by atoms with Crippen molar-refractivity contribution in [3.8, 4) is 0 Å². The first-order valence-electron chi connectivity index (χ1n) is 5.80. The average Bonchev–Trinajstić information content (AvgIpc) is 2.83. The van der Waals surface area contributed by atoms with Crippen LogP contribution >= 0.6 is 0 Å². The van der Waals surface area contributed by atoms with Gasteiger partial charge in [0.2, 0.25) is 0 Å². The Morgan fingerprint density at radius 2 is 2.21 bits per heavy atom. The van der Waals surface area contributed by atoms with Crippen LogP contribution in [0.25, 0.3) is 0 Å². The summed E-state index contributed by atoms with van der Waals surface area (Å²) in [5, 5.41) is 0. The lowest BCUT2D eigenvalue weighted by molar-refractivity contribution is 0.193. The molecular weight excluding hydrogens is 174 g/mol. The van der Waals surface area contributed by atoms with E-state index in [1.807, 2.05) is 0 Å². The molecule has 2 atom stereocenters. The molecule has 0 aromatic rings. The standard InChI is InChI=1S/C11H19N3/c1-8-4-5-11(6-8)7-13-10(12)14(11)9-2-3-9/h8-9H,2-7H2,1H3,(H2,12,13). The van der Waals surface area contributed by atoms with Crippen molar-refractivity contribution in [2.45, 2.75) is 50.6 Å². The van der Waals surface area contributed by atoms with E-state index >= 15 is 0 Å². The van der Waals surface area contributed by atoms with Gasteiger partial charge in [0, 0.05) is 6.04 Å². The number of hydrogen-bond acceptors (Lipinski definition) is 3. The molecule has 0 aromatic carbocycles. The molecule has 3 nitrogen and oxygen atoms in total. The Hall–Kier alpha value is -0.730. The van der Waals surface area contributed by atoms with Crippen LogP contribution in [0.5, 0.6) is 0 Å². The Morgan fingerprint density at radius 1 is 1.43 bits per heavy atom. The second-order valence-corrected chi connectivity index (χ2v) is 5.35. The topological polar surface area (TPSA) is 41.6 Å². The summed E-state index contributed by atoms with van der Waals surface area (Å²) in [6.45, 7) is 3.31. The average molecular weight is 193 g/mol. The van der Waals surface area contributed by atoms with E-state index in [1.165, 1.54) is 32.1 Å². The fraction of sp³-hybridized carbons (Fsp3) is 0.909. The van der Waals surface area contributed by atoms with Crippen LogP contribution in [0.15, 0.2) is 4.99 Å². The van der Waals surface area contributed by atoms with E-state index in [9.17, 15) is 0 Å². The molecule has 2 aliphatic carbocycles. The lowest BCUT2D eigenvalue weighted by Gasteiger charge is -2.36. The second-order valence-electron chi connectivity index (χ2n) is 5.35. The highest BCUT2D eigenvalue weighted by Crippen LogP contribution is 2.46. The minimum absolute atomic E-state index is 0.338. The molecule has 14 heavy (non-hydrogen) atoms. The first-order chi connectivity index (χ1) is 6.71. The first-order valence-corrected chi connectivity index (χ1v) is 5.80. The van der Waals surface area contributed by atoms with Crippen LogP contribution in [-0.4, -0.2) is 29.0 Å². The maximum atomic E-state index is 6.00. The highest BCUT2D eigenvalue weighted by molar-refractivity contribution is 5.81. The first kappa shape index (κ1) is 8.57. The summed E-state index contributed by atoms with van der Waals surface area (Å²) < 4.78 is 0. The van der Waals surface area contributed by atoms with Gasteiger partial charge in [0.15, 0.2) is 5.96 Å². The predicted octanol–water partition coefficient (Wildman–Crippen LogP) is 1.34. The smallest absolute Gasteiger partial charge is 0.192 e. The van der Waals surface area contributed by atoms with E-state index in [1.54, 1.807) is 0 Å². The van der Waals surface area contributed by atoms with Crippen LogP contribution in [0.4, 0.5) is 0 Å². The van der Waals surface area contributed by atoms with Crippen LogP contribution in [0.3, 0.4) is 0 Å². The minimum atomic E-state index is 0.338. The molecule has 2 unspecified atom stereocenters. The van der Waals surface area contributed by atoms with Crippen molar-refractivity contribution in [3.05, 3.63) is 0 Å². The van der Waals surface area contributed by atoms with Crippen LogP contribution in [0.1, 0.15) is 39.0 Å². The largest absolute Gasteiger partial charge is 0.370 e. The Balaban J connectivity index is 1.86. The van der Waals surface area contributed by atoms with Crippen molar-refractivity contribution >= 4 is 5.96 Å².